The molecule has 1 saturated heterocycles. The summed E-state index contributed by atoms with van der Waals surface area (Å²) in [7, 11) is 0. The molecule has 25 heteroatoms. The van der Waals surface area contributed by atoms with E-state index in [0.717, 1.165) is 0 Å². The molecule has 9 atom stereocenters. The van der Waals surface area contributed by atoms with Crippen LogP contribution < -0.4 is 60.6 Å². The number of rotatable bonds is 28. The minimum atomic E-state index is -1.40. The summed E-state index contributed by atoms with van der Waals surface area (Å²) < 4.78 is 0. The zero-order valence-corrected chi connectivity index (χ0v) is 37.9. The van der Waals surface area contributed by atoms with Crippen molar-refractivity contribution in [3.63, 3.8) is 0 Å². The van der Waals surface area contributed by atoms with Crippen molar-refractivity contribution in [3.8, 4) is 0 Å². The van der Waals surface area contributed by atoms with Gasteiger partial charge in [-0.15, -0.1) is 0 Å². The molecule has 0 bridgehead atoms. The lowest BCUT2D eigenvalue weighted by Gasteiger charge is -2.33. The van der Waals surface area contributed by atoms with Crippen molar-refractivity contribution in [2.75, 3.05) is 26.2 Å². The number of aromatic nitrogens is 2. The van der Waals surface area contributed by atoms with E-state index in [1.807, 2.05) is 6.92 Å². The standard InChI is InChI=1S/C40H70N16O9/c1-6-21(3)30(54-35(61)28-13-10-16-56(28)37(63)31(22(4)7-2)55-32(58)23(5)50-29(57)18-41)36(62)52-26(12-9-15-48-40(44)45)33(59)51-25(11-8-14-47-39(42)43)34(60)53-27(38(64)65)17-24-19-46-20-49-24/h19-23,25-28,30-31H,6-18,41H2,1-5H3,(H,46,49)(H,50,57)(H,51,59)(H,52,62)(H,53,60)(H,54,61)(H,55,58)(H,64,65)(H4,42,43,47)(H4,44,45,48)/t21-,22-,23-,25-,26-,27-,28-,30-,31-/m0/s1. The summed E-state index contributed by atoms with van der Waals surface area (Å²) in [4.78, 5) is 123. The van der Waals surface area contributed by atoms with Gasteiger partial charge >= 0.3 is 5.97 Å². The van der Waals surface area contributed by atoms with Crippen molar-refractivity contribution < 1.29 is 43.5 Å². The van der Waals surface area contributed by atoms with E-state index >= 15 is 0 Å². The molecule has 1 aliphatic heterocycles. The molecule has 18 N–H and O–H groups in total. The lowest BCUT2D eigenvalue weighted by atomic mass is 9.96. The molecule has 1 aromatic rings. The molecular formula is C40H70N16O9. The fourth-order valence-electron chi connectivity index (χ4n) is 6.93. The van der Waals surface area contributed by atoms with Gasteiger partial charge < -0.3 is 75.6 Å². The molecule has 0 radical (unpaired) electrons. The lowest BCUT2D eigenvalue weighted by molar-refractivity contribution is -0.144. The van der Waals surface area contributed by atoms with E-state index in [-0.39, 0.29) is 82.5 Å². The highest BCUT2D eigenvalue weighted by Crippen LogP contribution is 2.23. The molecule has 7 amide bonds. The topological polar surface area (TPSA) is 416 Å². The summed E-state index contributed by atoms with van der Waals surface area (Å²) in [5.74, 6) is -7.22. The third-order valence-corrected chi connectivity index (χ3v) is 11.1. The maximum Gasteiger partial charge on any atom is 0.326 e. The number of H-pyrrole nitrogens is 1. The van der Waals surface area contributed by atoms with Crippen molar-refractivity contribution in [1.82, 2.24) is 46.8 Å². The van der Waals surface area contributed by atoms with Crippen LogP contribution in [0.25, 0.3) is 0 Å². The Balaban J connectivity index is 2.38. The number of likely N-dealkylation sites (tertiary alicyclic amines) is 1. The molecule has 0 unspecified atom stereocenters. The number of aliphatic imine (C=N–C) groups is 2. The van der Waals surface area contributed by atoms with Crippen LogP contribution in [0.15, 0.2) is 22.5 Å². The van der Waals surface area contributed by atoms with Crippen molar-refractivity contribution in [2.24, 2.45) is 50.5 Å². The van der Waals surface area contributed by atoms with Crippen molar-refractivity contribution >= 4 is 59.2 Å². The normalized spacial score (nSPS) is 17.0. The van der Waals surface area contributed by atoms with Gasteiger partial charge in [0.1, 0.15) is 42.3 Å². The second kappa shape index (κ2) is 27.6. The molecular weight excluding hydrogens is 849 g/mol. The number of carboxylic acids is 1. The number of nitrogens with one attached hydrogen (secondary N) is 7. The van der Waals surface area contributed by atoms with Crippen LogP contribution in [-0.4, -0.2) is 148 Å². The van der Waals surface area contributed by atoms with E-state index in [1.54, 1.807) is 20.8 Å². The fourth-order valence-corrected chi connectivity index (χ4v) is 6.93. The summed E-state index contributed by atoms with van der Waals surface area (Å²) in [6.07, 6.45) is 4.58. The Morgan fingerprint density at radius 2 is 1.31 bits per heavy atom. The highest BCUT2D eigenvalue weighted by Gasteiger charge is 2.41. The van der Waals surface area contributed by atoms with Gasteiger partial charge in [0.25, 0.3) is 0 Å². The predicted molar refractivity (Wildman–Crippen MR) is 240 cm³/mol. The van der Waals surface area contributed by atoms with Crippen LogP contribution in [0.4, 0.5) is 0 Å². The van der Waals surface area contributed by atoms with Gasteiger partial charge in [-0.2, -0.15) is 0 Å². The Bertz CT molecular complexity index is 1820. The predicted octanol–water partition coefficient (Wildman–Crippen LogP) is -3.89. The average molecular weight is 919 g/mol. The lowest BCUT2D eigenvalue weighted by Crippen LogP contribution is -2.61. The van der Waals surface area contributed by atoms with Gasteiger partial charge in [0, 0.05) is 37.9 Å². The fraction of sp³-hybridized carbons (Fsp3) is 0.675. The van der Waals surface area contributed by atoms with Crippen LogP contribution in [0.1, 0.15) is 91.7 Å². The number of imidazole rings is 1. The summed E-state index contributed by atoms with van der Waals surface area (Å²) in [6, 6.07) is -8.25. The summed E-state index contributed by atoms with van der Waals surface area (Å²) >= 11 is 0. The van der Waals surface area contributed by atoms with E-state index in [4.69, 9.17) is 28.7 Å². The first-order valence-electron chi connectivity index (χ1n) is 21.9. The Kier molecular flexibility index (Phi) is 23.2. The van der Waals surface area contributed by atoms with Gasteiger partial charge in [-0.25, -0.2) is 9.78 Å². The molecule has 2 rings (SSSR count). The number of hydrogen-bond acceptors (Lipinski definition) is 12. The van der Waals surface area contributed by atoms with Gasteiger partial charge in [-0.3, -0.25) is 43.5 Å². The van der Waals surface area contributed by atoms with E-state index in [2.05, 4.69) is 51.9 Å². The number of hydrogen-bond donors (Lipinski definition) is 13. The molecule has 0 aromatic carbocycles. The first-order chi connectivity index (χ1) is 30.7. The van der Waals surface area contributed by atoms with E-state index in [1.165, 1.54) is 24.3 Å². The largest absolute Gasteiger partial charge is 0.480 e. The van der Waals surface area contributed by atoms with Gasteiger partial charge in [0.2, 0.25) is 41.4 Å². The van der Waals surface area contributed by atoms with Crippen molar-refractivity contribution in [1.29, 1.82) is 0 Å². The molecule has 65 heavy (non-hydrogen) atoms. The number of guanidine groups is 2. The number of nitrogens with two attached hydrogens (primary N) is 5. The third kappa shape index (κ3) is 18.2. The van der Waals surface area contributed by atoms with Crippen molar-refractivity contribution in [3.05, 3.63) is 18.2 Å². The number of carbonyl (C=O) groups excluding carboxylic acids is 7. The number of aliphatic carboxylic acids is 1. The second-order valence-corrected chi connectivity index (χ2v) is 16.1. The number of aromatic amines is 1. The minimum Gasteiger partial charge on any atom is -0.480 e. The molecule has 0 aliphatic carbocycles. The Labute approximate surface area is 378 Å². The zero-order valence-electron chi connectivity index (χ0n) is 37.9. The quantitative estimate of drug-likeness (QED) is 0.0217. The van der Waals surface area contributed by atoms with Crippen LogP contribution >= 0.6 is 0 Å². The maximum atomic E-state index is 14.2. The summed E-state index contributed by atoms with van der Waals surface area (Å²) in [5, 5.41) is 25.7. The molecule has 0 spiro atoms. The third-order valence-electron chi connectivity index (χ3n) is 11.1. The highest BCUT2D eigenvalue weighted by atomic mass is 16.4. The van der Waals surface area contributed by atoms with Crippen LogP contribution in [0.3, 0.4) is 0 Å². The number of carboxylic acid groups (broad SMARTS) is 1. The van der Waals surface area contributed by atoms with Gasteiger partial charge in [-0.1, -0.05) is 40.5 Å². The van der Waals surface area contributed by atoms with Crippen LogP contribution in [0.2, 0.25) is 0 Å². The Hall–Kier alpha value is -6.53. The molecule has 0 saturated carbocycles. The second-order valence-electron chi connectivity index (χ2n) is 16.1. The van der Waals surface area contributed by atoms with Gasteiger partial charge in [0.05, 0.1) is 12.9 Å². The monoisotopic (exact) mass is 919 g/mol. The van der Waals surface area contributed by atoms with E-state index in [9.17, 15) is 43.5 Å². The molecule has 1 aromatic heterocycles. The van der Waals surface area contributed by atoms with E-state index < -0.39 is 95.5 Å². The van der Waals surface area contributed by atoms with Crippen LogP contribution in [0, 0.1) is 11.8 Å². The zero-order chi connectivity index (χ0) is 48.8. The smallest absolute Gasteiger partial charge is 0.326 e. The summed E-state index contributed by atoms with van der Waals surface area (Å²) in [6.45, 7) is 8.65. The van der Waals surface area contributed by atoms with Crippen molar-refractivity contribution in [2.45, 2.75) is 135 Å². The molecule has 364 valence electrons. The molecule has 2 heterocycles. The average Bonchev–Trinajstić information content (AvgIpc) is 3.98. The number of carbonyl (C=O) groups is 8. The number of amides is 7. The molecule has 1 fully saturated rings. The molecule has 1 aliphatic rings. The van der Waals surface area contributed by atoms with Gasteiger partial charge in [-0.05, 0) is 57.3 Å². The first-order valence-corrected chi connectivity index (χ1v) is 21.9. The van der Waals surface area contributed by atoms with Crippen LogP contribution in [0.5, 0.6) is 0 Å². The molecule has 25 nitrogen and oxygen atoms in total. The maximum absolute atomic E-state index is 14.2. The van der Waals surface area contributed by atoms with Crippen LogP contribution in [-0.2, 0) is 44.8 Å². The van der Waals surface area contributed by atoms with Gasteiger partial charge in [0.15, 0.2) is 11.9 Å². The Morgan fingerprint density at radius 1 is 0.769 bits per heavy atom. The minimum absolute atomic E-state index is 0.0302. The van der Waals surface area contributed by atoms with E-state index in [0.29, 0.717) is 25.0 Å². The SMILES string of the molecule is CC[C@H](C)[C@H](NC(=O)[C@@H]1CCCN1C(=O)[C@@H](NC(=O)[C@H](C)NC(=O)CN)[C@@H](C)CC)C(=O)N[C@@H](CCCN=C(N)N)C(=O)N[C@@H](CCCN=C(N)N)C(=O)N[C@@H](Cc1cnc[nH]1)C(=O)O. The Morgan fingerprint density at radius 3 is 1.80 bits per heavy atom. The number of nitrogens with zero attached hydrogens (tertiary/aromatic N) is 4. The highest BCUT2D eigenvalue weighted by molar-refractivity contribution is 5.98. The first kappa shape index (κ1) is 54.6. The summed E-state index contributed by atoms with van der Waals surface area (Å²) in [5.41, 5.74) is 27.7.